The lowest BCUT2D eigenvalue weighted by Crippen LogP contribution is -2.15. The predicted octanol–water partition coefficient (Wildman–Crippen LogP) is 1.84. The number of hydrogen-bond donors (Lipinski definition) is 1. The molecule has 1 N–H and O–H groups in total. The lowest BCUT2D eigenvalue weighted by molar-refractivity contribution is 0.0181. The Morgan fingerprint density at radius 2 is 1.54 bits per heavy atom. The normalized spacial score (nSPS) is 11.8. The molecule has 1 unspecified atom stereocenters. The summed E-state index contributed by atoms with van der Waals surface area (Å²) in [7, 11) is 0. The van der Waals surface area contributed by atoms with Gasteiger partial charge in [0, 0.05) is 19.8 Å². The summed E-state index contributed by atoms with van der Waals surface area (Å²) in [5.74, 6) is 0. The first-order chi connectivity index (χ1) is 6.26. The van der Waals surface area contributed by atoms with E-state index in [9.17, 15) is 0 Å². The van der Waals surface area contributed by atoms with Crippen LogP contribution in [0.15, 0.2) is 0 Å². The van der Waals surface area contributed by atoms with Gasteiger partial charge >= 0.3 is 0 Å². The van der Waals surface area contributed by atoms with Crippen LogP contribution in [0.4, 0.5) is 0 Å². The summed E-state index contributed by atoms with van der Waals surface area (Å²) in [6.07, 6.45) is 0.949. The fraction of sp³-hybridized carbons (Fsp3) is 1.00. The molecule has 0 aliphatic heterocycles. The van der Waals surface area contributed by atoms with Crippen molar-refractivity contribution < 1.29 is 14.6 Å². The van der Waals surface area contributed by atoms with E-state index in [1.165, 1.54) is 0 Å². The minimum absolute atomic E-state index is 0.0556. The van der Waals surface area contributed by atoms with E-state index in [0.29, 0.717) is 6.61 Å². The molecule has 3 heteroatoms. The van der Waals surface area contributed by atoms with Crippen LogP contribution >= 0.6 is 0 Å². The third-order valence-corrected chi connectivity index (χ3v) is 1.47. The zero-order valence-electron chi connectivity index (χ0n) is 9.38. The summed E-state index contributed by atoms with van der Waals surface area (Å²) in [5, 5.41) is 8.53. The number of aliphatic hydroxyl groups excluding tert-OH is 1. The molecule has 0 heterocycles. The van der Waals surface area contributed by atoms with Gasteiger partial charge in [-0.3, -0.25) is 0 Å². The van der Waals surface area contributed by atoms with Crippen molar-refractivity contribution in [3.63, 3.8) is 0 Å². The van der Waals surface area contributed by atoms with Gasteiger partial charge in [-0.2, -0.15) is 0 Å². The number of aliphatic hydroxyl groups is 1. The van der Waals surface area contributed by atoms with Crippen molar-refractivity contribution in [3.05, 3.63) is 0 Å². The molecule has 0 saturated heterocycles. The second kappa shape index (κ2) is 14.4. The highest BCUT2D eigenvalue weighted by molar-refractivity contribution is 4.49. The molecule has 13 heavy (non-hydrogen) atoms. The summed E-state index contributed by atoms with van der Waals surface area (Å²) in [5.41, 5.74) is 0. The third kappa shape index (κ3) is 14.7. The quantitative estimate of drug-likeness (QED) is 0.698. The average Bonchev–Trinajstić information content (AvgIpc) is 2.16. The highest BCUT2D eigenvalue weighted by Crippen LogP contribution is 1.94. The van der Waals surface area contributed by atoms with Crippen LogP contribution in [-0.2, 0) is 9.47 Å². The zero-order chi connectivity index (χ0) is 10.5. The first kappa shape index (κ1) is 15.4. The van der Waals surface area contributed by atoms with Crippen LogP contribution in [0, 0.1) is 0 Å². The Hall–Kier alpha value is -0.120. The lowest BCUT2D eigenvalue weighted by Gasteiger charge is -2.09. The lowest BCUT2D eigenvalue weighted by atomic mass is 10.3. The highest BCUT2D eigenvalue weighted by atomic mass is 16.5. The Morgan fingerprint density at radius 3 is 1.62 bits per heavy atom. The van der Waals surface area contributed by atoms with E-state index in [0.717, 1.165) is 19.6 Å². The maximum absolute atomic E-state index is 8.53. The Morgan fingerprint density at radius 1 is 1.00 bits per heavy atom. The molecule has 3 nitrogen and oxygen atoms in total. The fourth-order valence-electron chi connectivity index (χ4n) is 0.739. The van der Waals surface area contributed by atoms with Crippen LogP contribution in [0.5, 0.6) is 0 Å². The smallest absolute Gasteiger partial charge is 0.0803 e. The van der Waals surface area contributed by atoms with E-state index in [1.54, 1.807) is 0 Å². The molecule has 0 bridgehead atoms. The highest BCUT2D eigenvalue weighted by Gasteiger charge is 2.00. The molecule has 0 aliphatic carbocycles. The number of rotatable bonds is 6. The van der Waals surface area contributed by atoms with Crippen LogP contribution in [0.2, 0.25) is 0 Å². The van der Waals surface area contributed by atoms with Crippen molar-refractivity contribution >= 4 is 0 Å². The molecule has 82 valence electrons. The van der Waals surface area contributed by atoms with Crippen molar-refractivity contribution in [1.82, 2.24) is 0 Å². The monoisotopic (exact) mass is 192 g/mol. The molecular weight excluding hydrogens is 168 g/mol. The molecule has 0 radical (unpaired) electrons. The van der Waals surface area contributed by atoms with Gasteiger partial charge in [-0.05, 0) is 27.2 Å². The Balaban J connectivity index is 0. The van der Waals surface area contributed by atoms with Gasteiger partial charge in [0.05, 0.1) is 12.7 Å². The molecule has 0 aromatic rings. The van der Waals surface area contributed by atoms with E-state index >= 15 is 0 Å². The van der Waals surface area contributed by atoms with Crippen LogP contribution in [0.25, 0.3) is 0 Å². The van der Waals surface area contributed by atoms with E-state index < -0.39 is 0 Å². The molecule has 0 aromatic carbocycles. The van der Waals surface area contributed by atoms with Crippen molar-refractivity contribution in [3.8, 4) is 0 Å². The number of ether oxygens (including phenoxy) is 2. The summed E-state index contributed by atoms with van der Waals surface area (Å²) in [6.45, 7) is 10.4. The molecular formula is C10H24O3. The van der Waals surface area contributed by atoms with Gasteiger partial charge in [-0.1, -0.05) is 6.92 Å². The maximum atomic E-state index is 8.53. The van der Waals surface area contributed by atoms with Crippen molar-refractivity contribution in [1.29, 1.82) is 0 Å². The van der Waals surface area contributed by atoms with Gasteiger partial charge in [0.15, 0.2) is 0 Å². The Kier molecular flexibility index (Phi) is 17.0. The Bertz CT molecular complexity index is 70.6. The second-order valence-electron chi connectivity index (χ2n) is 2.45. The molecule has 1 atom stereocenters. The van der Waals surface area contributed by atoms with E-state index in [1.807, 2.05) is 27.7 Å². The summed E-state index contributed by atoms with van der Waals surface area (Å²) in [6, 6.07) is 0. The van der Waals surface area contributed by atoms with Crippen molar-refractivity contribution in [2.24, 2.45) is 0 Å². The molecule has 0 rings (SSSR count). The van der Waals surface area contributed by atoms with E-state index in [4.69, 9.17) is 14.6 Å². The van der Waals surface area contributed by atoms with Crippen LogP contribution in [0.3, 0.4) is 0 Å². The molecule has 0 aromatic heterocycles. The molecule has 0 spiro atoms. The van der Waals surface area contributed by atoms with Gasteiger partial charge in [0.1, 0.15) is 0 Å². The van der Waals surface area contributed by atoms with Crippen molar-refractivity contribution in [2.45, 2.75) is 40.2 Å². The molecule has 0 amide bonds. The third-order valence-electron chi connectivity index (χ3n) is 1.47. The maximum Gasteiger partial charge on any atom is 0.0803 e. The molecule has 0 fully saturated rings. The van der Waals surface area contributed by atoms with Crippen LogP contribution < -0.4 is 0 Å². The summed E-state index contributed by atoms with van der Waals surface area (Å²) in [4.78, 5) is 0. The van der Waals surface area contributed by atoms with Gasteiger partial charge in [-0.25, -0.2) is 0 Å². The minimum atomic E-state index is 0.0556. The standard InChI is InChI=1S/C6H14O2.C4H10O/c1-3-6(5-7)8-4-2;1-3-5-4-2/h6-7H,3-5H2,1-2H3;3-4H2,1-2H3. The SMILES string of the molecule is CCOC(CC)CO.CCOCC. The van der Waals surface area contributed by atoms with Gasteiger partial charge < -0.3 is 14.6 Å². The summed E-state index contributed by atoms with van der Waals surface area (Å²) >= 11 is 0. The van der Waals surface area contributed by atoms with Crippen LogP contribution in [0.1, 0.15) is 34.1 Å². The first-order valence-corrected chi connectivity index (χ1v) is 5.06. The number of hydrogen-bond acceptors (Lipinski definition) is 3. The predicted molar refractivity (Wildman–Crippen MR) is 55.0 cm³/mol. The fourth-order valence-corrected chi connectivity index (χ4v) is 0.739. The first-order valence-electron chi connectivity index (χ1n) is 5.06. The Labute approximate surface area is 82.1 Å². The minimum Gasteiger partial charge on any atom is -0.394 e. The van der Waals surface area contributed by atoms with E-state index in [-0.39, 0.29) is 12.7 Å². The average molecular weight is 192 g/mol. The topological polar surface area (TPSA) is 38.7 Å². The van der Waals surface area contributed by atoms with Crippen LogP contribution in [-0.4, -0.2) is 37.6 Å². The van der Waals surface area contributed by atoms with Gasteiger partial charge in [0.25, 0.3) is 0 Å². The largest absolute Gasteiger partial charge is 0.394 e. The van der Waals surface area contributed by atoms with Gasteiger partial charge in [0.2, 0.25) is 0 Å². The zero-order valence-corrected chi connectivity index (χ0v) is 9.38. The molecule has 0 saturated carbocycles. The van der Waals surface area contributed by atoms with Crippen molar-refractivity contribution in [2.75, 3.05) is 26.4 Å². The summed E-state index contributed by atoms with van der Waals surface area (Å²) < 4.78 is 9.92. The van der Waals surface area contributed by atoms with Gasteiger partial charge in [-0.15, -0.1) is 0 Å². The van der Waals surface area contributed by atoms with E-state index in [2.05, 4.69) is 0 Å². The second-order valence-corrected chi connectivity index (χ2v) is 2.45. The molecule has 0 aliphatic rings.